The van der Waals surface area contributed by atoms with Gasteiger partial charge in [-0.1, -0.05) is 23.5 Å². The van der Waals surface area contributed by atoms with E-state index in [-0.39, 0.29) is 5.91 Å². The molecule has 0 aliphatic heterocycles. The third-order valence-corrected chi connectivity index (χ3v) is 5.25. The average Bonchev–Trinajstić information content (AvgIpc) is 3.24. The monoisotopic (exact) mass is 429 g/mol. The summed E-state index contributed by atoms with van der Waals surface area (Å²) >= 11 is 4.82. The number of hydrogen-bond acceptors (Lipinski definition) is 6. The standard InChI is InChI=1S/C17H12BrN5O2S/c1-25-14-6-5-10(8-13(14)18)15(24)20-12-4-2-3-11(7-12)16-22-23-9-19-21-17(23)26-16/h2-9H,1H3,(H,20,24). The van der Waals surface area contributed by atoms with Gasteiger partial charge in [-0.15, -0.1) is 10.2 Å². The highest BCUT2D eigenvalue weighted by molar-refractivity contribution is 9.10. The van der Waals surface area contributed by atoms with E-state index in [4.69, 9.17) is 4.74 Å². The Morgan fingerprint density at radius 3 is 2.92 bits per heavy atom. The number of carbonyl (C=O) groups excluding carboxylic acids is 1. The van der Waals surface area contributed by atoms with Crippen molar-refractivity contribution < 1.29 is 9.53 Å². The minimum Gasteiger partial charge on any atom is -0.496 e. The molecule has 4 rings (SSSR count). The Hall–Kier alpha value is -2.78. The van der Waals surface area contributed by atoms with Crippen molar-refractivity contribution in [3.05, 3.63) is 58.8 Å². The van der Waals surface area contributed by atoms with Gasteiger partial charge in [-0.3, -0.25) is 4.79 Å². The van der Waals surface area contributed by atoms with E-state index in [1.54, 1.807) is 36.2 Å². The summed E-state index contributed by atoms with van der Waals surface area (Å²) in [6.45, 7) is 0. The van der Waals surface area contributed by atoms with E-state index in [9.17, 15) is 4.79 Å². The van der Waals surface area contributed by atoms with Gasteiger partial charge in [-0.2, -0.15) is 9.61 Å². The predicted octanol–water partition coefficient (Wildman–Crippen LogP) is 3.88. The van der Waals surface area contributed by atoms with Crippen LogP contribution in [0.1, 0.15) is 10.4 Å². The van der Waals surface area contributed by atoms with Crippen molar-refractivity contribution in [1.82, 2.24) is 19.8 Å². The molecule has 0 saturated carbocycles. The second-order valence-electron chi connectivity index (χ2n) is 5.35. The lowest BCUT2D eigenvalue weighted by molar-refractivity contribution is 0.102. The number of anilines is 1. The van der Waals surface area contributed by atoms with Crippen molar-refractivity contribution in [3.8, 4) is 16.3 Å². The van der Waals surface area contributed by atoms with Crippen LogP contribution in [-0.2, 0) is 0 Å². The van der Waals surface area contributed by atoms with Crippen molar-refractivity contribution in [1.29, 1.82) is 0 Å². The highest BCUT2D eigenvalue weighted by atomic mass is 79.9. The second-order valence-corrected chi connectivity index (χ2v) is 7.16. The van der Waals surface area contributed by atoms with E-state index in [0.717, 1.165) is 20.0 Å². The number of methoxy groups -OCH3 is 1. The third-order valence-electron chi connectivity index (χ3n) is 3.67. The van der Waals surface area contributed by atoms with Gasteiger partial charge in [0, 0.05) is 16.8 Å². The van der Waals surface area contributed by atoms with E-state index in [2.05, 4.69) is 36.5 Å². The van der Waals surface area contributed by atoms with Crippen LogP contribution in [0.2, 0.25) is 0 Å². The van der Waals surface area contributed by atoms with Crippen LogP contribution in [0.5, 0.6) is 5.75 Å². The topological polar surface area (TPSA) is 81.4 Å². The maximum Gasteiger partial charge on any atom is 0.255 e. The quantitative estimate of drug-likeness (QED) is 0.532. The minimum atomic E-state index is -0.205. The average molecular weight is 430 g/mol. The number of carbonyl (C=O) groups is 1. The highest BCUT2D eigenvalue weighted by Crippen LogP contribution is 2.28. The summed E-state index contributed by atoms with van der Waals surface area (Å²) in [5.41, 5.74) is 2.11. The van der Waals surface area contributed by atoms with Gasteiger partial charge in [0.1, 0.15) is 17.1 Å². The largest absolute Gasteiger partial charge is 0.496 e. The van der Waals surface area contributed by atoms with Crippen LogP contribution < -0.4 is 10.1 Å². The first-order valence-corrected chi connectivity index (χ1v) is 9.17. The molecule has 7 nitrogen and oxygen atoms in total. The smallest absolute Gasteiger partial charge is 0.255 e. The van der Waals surface area contributed by atoms with Crippen LogP contribution in [0.25, 0.3) is 15.5 Å². The maximum absolute atomic E-state index is 12.5. The predicted molar refractivity (Wildman–Crippen MR) is 103 cm³/mol. The molecule has 26 heavy (non-hydrogen) atoms. The number of ether oxygens (including phenoxy) is 1. The number of hydrogen-bond donors (Lipinski definition) is 1. The van der Waals surface area contributed by atoms with Crippen molar-refractivity contribution in [2.45, 2.75) is 0 Å². The molecule has 1 N–H and O–H groups in total. The van der Waals surface area contributed by atoms with Crippen LogP contribution in [0, 0.1) is 0 Å². The molecule has 0 unspecified atom stereocenters. The van der Waals surface area contributed by atoms with E-state index in [1.807, 2.05) is 24.3 Å². The fourth-order valence-corrected chi connectivity index (χ4v) is 3.77. The molecule has 2 aromatic heterocycles. The number of amides is 1. The molecule has 0 bridgehead atoms. The Morgan fingerprint density at radius 2 is 2.15 bits per heavy atom. The SMILES string of the molecule is COc1ccc(C(=O)Nc2cccc(-c3nn4cnnc4s3)c2)cc1Br. The van der Waals surface area contributed by atoms with Gasteiger partial charge in [0.25, 0.3) is 5.91 Å². The lowest BCUT2D eigenvalue weighted by atomic mass is 10.1. The molecular formula is C17H12BrN5O2S. The fraction of sp³-hybridized carbons (Fsp3) is 0.0588. The molecule has 0 atom stereocenters. The van der Waals surface area contributed by atoms with Crippen molar-refractivity contribution >= 4 is 43.8 Å². The van der Waals surface area contributed by atoms with Crippen LogP contribution in [0.3, 0.4) is 0 Å². The summed E-state index contributed by atoms with van der Waals surface area (Å²) < 4.78 is 7.53. The van der Waals surface area contributed by atoms with E-state index in [0.29, 0.717) is 17.0 Å². The summed E-state index contributed by atoms with van der Waals surface area (Å²) in [6, 6.07) is 12.7. The van der Waals surface area contributed by atoms with E-state index < -0.39 is 0 Å². The number of nitrogens with one attached hydrogen (secondary N) is 1. The molecule has 130 valence electrons. The van der Waals surface area contributed by atoms with Gasteiger partial charge in [0.2, 0.25) is 4.96 Å². The van der Waals surface area contributed by atoms with Crippen LogP contribution >= 0.6 is 27.3 Å². The lowest BCUT2D eigenvalue weighted by Crippen LogP contribution is -2.11. The normalized spacial score (nSPS) is 10.8. The Balaban J connectivity index is 1.57. The van der Waals surface area contributed by atoms with E-state index >= 15 is 0 Å². The number of benzene rings is 2. The van der Waals surface area contributed by atoms with Gasteiger partial charge in [-0.05, 0) is 46.3 Å². The molecule has 0 saturated heterocycles. The van der Waals surface area contributed by atoms with Gasteiger partial charge in [-0.25, -0.2) is 0 Å². The molecular weight excluding hydrogens is 418 g/mol. The first kappa shape index (κ1) is 16.7. The summed E-state index contributed by atoms with van der Waals surface area (Å²) in [4.78, 5) is 13.2. The lowest BCUT2D eigenvalue weighted by Gasteiger charge is -2.08. The zero-order valence-electron chi connectivity index (χ0n) is 13.5. The number of nitrogens with zero attached hydrogens (tertiary/aromatic N) is 4. The molecule has 2 aromatic carbocycles. The van der Waals surface area contributed by atoms with Crippen LogP contribution in [0.15, 0.2) is 53.3 Å². The summed E-state index contributed by atoms with van der Waals surface area (Å²) in [5, 5.41) is 15.9. The summed E-state index contributed by atoms with van der Waals surface area (Å²) in [7, 11) is 1.58. The molecule has 2 heterocycles. The van der Waals surface area contributed by atoms with Crippen molar-refractivity contribution in [2.75, 3.05) is 12.4 Å². The molecule has 0 aliphatic carbocycles. The molecule has 9 heteroatoms. The Bertz CT molecular complexity index is 1080. The maximum atomic E-state index is 12.5. The highest BCUT2D eigenvalue weighted by Gasteiger charge is 2.11. The minimum absolute atomic E-state index is 0.205. The molecule has 1 amide bonds. The molecule has 0 spiro atoms. The number of rotatable bonds is 4. The number of fused-ring (bicyclic) bond motifs is 1. The summed E-state index contributed by atoms with van der Waals surface area (Å²) in [6.07, 6.45) is 1.56. The van der Waals surface area contributed by atoms with Crippen molar-refractivity contribution in [3.63, 3.8) is 0 Å². The Morgan fingerprint density at radius 1 is 1.27 bits per heavy atom. The third kappa shape index (κ3) is 3.18. The summed E-state index contributed by atoms with van der Waals surface area (Å²) in [5.74, 6) is 0.468. The van der Waals surface area contributed by atoms with E-state index in [1.165, 1.54) is 11.3 Å². The van der Waals surface area contributed by atoms with Crippen molar-refractivity contribution in [2.24, 2.45) is 0 Å². The zero-order chi connectivity index (χ0) is 18.1. The molecule has 0 aliphatic rings. The fourth-order valence-electron chi connectivity index (χ4n) is 2.42. The Labute approximate surface area is 160 Å². The number of halogens is 1. The first-order chi connectivity index (χ1) is 12.6. The molecule has 0 fully saturated rings. The van der Waals surface area contributed by atoms with Gasteiger partial charge < -0.3 is 10.1 Å². The van der Waals surface area contributed by atoms with Crippen LogP contribution in [-0.4, -0.2) is 32.8 Å². The number of aromatic nitrogens is 4. The second kappa shape index (κ2) is 6.85. The zero-order valence-corrected chi connectivity index (χ0v) is 15.9. The Kier molecular flexibility index (Phi) is 4.39. The van der Waals surface area contributed by atoms with Gasteiger partial charge in [0.05, 0.1) is 11.6 Å². The first-order valence-electron chi connectivity index (χ1n) is 7.56. The molecule has 0 radical (unpaired) electrons. The molecule has 4 aromatic rings. The van der Waals surface area contributed by atoms with Gasteiger partial charge >= 0.3 is 0 Å². The van der Waals surface area contributed by atoms with Gasteiger partial charge in [0.15, 0.2) is 0 Å². The van der Waals surface area contributed by atoms with Crippen LogP contribution in [0.4, 0.5) is 5.69 Å².